The zero-order valence-corrected chi connectivity index (χ0v) is 12.2. The smallest absolute Gasteiger partial charge is 0.335 e. The second-order valence-corrected chi connectivity index (χ2v) is 6.13. The van der Waals surface area contributed by atoms with Gasteiger partial charge in [-0.3, -0.25) is 0 Å². The molecule has 1 N–H and O–H groups in total. The third kappa shape index (κ3) is 2.73. The first-order valence-electron chi connectivity index (χ1n) is 7.38. The van der Waals surface area contributed by atoms with Crippen molar-refractivity contribution in [1.82, 2.24) is 9.80 Å². The number of urea groups is 1. The van der Waals surface area contributed by atoms with Crippen LogP contribution >= 0.6 is 0 Å². The Bertz CT molecular complexity index is 555. The second-order valence-electron chi connectivity index (χ2n) is 6.13. The van der Waals surface area contributed by atoms with E-state index >= 15 is 0 Å². The van der Waals surface area contributed by atoms with Crippen molar-refractivity contribution in [2.45, 2.75) is 31.8 Å². The Kier molecular flexibility index (Phi) is 3.57. The maximum Gasteiger partial charge on any atom is 0.335 e. The number of rotatable bonds is 3. The molecule has 5 nitrogen and oxygen atoms in total. The van der Waals surface area contributed by atoms with Gasteiger partial charge in [0.25, 0.3) is 0 Å². The molecule has 3 rings (SSSR count). The molecular weight excluding hydrogens is 268 g/mol. The van der Waals surface area contributed by atoms with Crippen molar-refractivity contribution in [3.63, 3.8) is 0 Å². The minimum atomic E-state index is -0.931. The zero-order valence-electron chi connectivity index (χ0n) is 12.2. The lowest BCUT2D eigenvalue weighted by Gasteiger charge is -2.31. The summed E-state index contributed by atoms with van der Waals surface area (Å²) in [5.74, 6) is -0.235. The van der Waals surface area contributed by atoms with E-state index in [4.69, 9.17) is 5.11 Å². The number of nitrogens with zero attached hydrogens (tertiary/aromatic N) is 2. The van der Waals surface area contributed by atoms with Crippen molar-refractivity contribution in [1.29, 1.82) is 0 Å². The standard InChI is InChI=1S/C16H20N2O3/c1-17(9-11-2-5-13(6-3-11)15(19)20)16(21)18-10-12-4-7-14(18)8-12/h2-3,5-6,12,14H,4,7-10H2,1H3,(H,19,20). The molecule has 2 bridgehead atoms. The van der Waals surface area contributed by atoms with Gasteiger partial charge in [0.2, 0.25) is 0 Å². The summed E-state index contributed by atoms with van der Waals surface area (Å²) in [4.78, 5) is 27.0. The van der Waals surface area contributed by atoms with Gasteiger partial charge in [0.1, 0.15) is 0 Å². The van der Waals surface area contributed by atoms with Crippen LogP contribution in [0.1, 0.15) is 35.2 Å². The van der Waals surface area contributed by atoms with Crippen molar-refractivity contribution in [2.24, 2.45) is 5.92 Å². The highest BCUT2D eigenvalue weighted by atomic mass is 16.4. The highest BCUT2D eigenvalue weighted by molar-refractivity contribution is 5.87. The van der Waals surface area contributed by atoms with E-state index in [1.54, 1.807) is 36.2 Å². The van der Waals surface area contributed by atoms with Crippen molar-refractivity contribution < 1.29 is 14.7 Å². The minimum Gasteiger partial charge on any atom is -0.478 e. The SMILES string of the molecule is CN(Cc1ccc(C(=O)O)cc1)C(=O)N1CC2CCC1C2. The second kappa shape index (κ2) is 5.39. The molecule has 21 heavy (non-hydrogen) atoms. The molecule has 1 aliphatic carbocycles. The molecule has 1 saturated heterocycles. The summed E-state index contributed by atoms with van der Waals surface area (Å²) in [5.41, 5.74) is 1.21. The zero-order chi connectivity index (χ0) is 15.0. The van der Waals surface area contributed by atoms with Crippen molar-refractivity contribution in [2.75, 3.05) is 13.6 Å². The average molecular weight is 288 g/mol. The molecule has 1 aromatic carbocycles. The van der Waals surface area contributed by atoms with Crippen LogP contribution in [0, 0.1) is 5.92 Å². The maximum absolute atomic E-state index is 12.5. The van der Waals surface area contributed by atoms with Crippen LogP contribution in [-0.4, -0.2) is 46.5 Å². The third-order valence-electron chi connectivity index (χ3n) is 4.60. The fourth-order valence-electron chi connectivity index (χ4n) is 3.47. The van der Waals surface area contributed by atoms with Crippen LogP contribution < -0.4 is 0 Å². The molecule has 2 aliphatic rings. The summed E-state index contributed by atoms with van der Waals surface area (Å²) in [7, 11) is 1.80. The quantitative estimate of drug-likeness (QED) is 0.929. The molecule has 2 unspecified atom stereocenters. The molecule has 0 aromatic heterocycles. The molecule has 1 heterocycles. The molecule has 0 radical (unpaired) electrons. The Morgan fingerprint density at radius 1 is 1.29 bits per heavy atom. The number of carbonyl (C=O) groups excluding carboxylic acids is 1. The monoisotopic (exact) mass is 288 g/mol. The van der Waals surface area contributed by atoms with E-state index < -0.39 is 5.97 Å². The number of benzene rings is 1. The van der Waals surface area contributed by atoms with Gasteiger partial charge in [0.05, 0.1) is 5.56 Å². The van der Waals surface area contributed by atoms with Crippen LogP contribution in [-0.2, 0) is 6.54 Å². The summed E-state index contributed by atoms with van der Waals surface area (Å²) in [5, 5.41) is 8.88. The molecule has 1 aromatic rings. The maximum atomic E-state index is 12.5. The van der Waals surface area contributed by atoms with Gasteiger partial charge >= 0.3 is 12.0 Å². The first-order valence-corrected chi connectivity index (χ1v) is 7.38. The topological polar surface area (TPSA) is 60.9 Å². The fourth-order valence-corrected chi connectivity index (χ4v) is 3.47. The molecule has 2 amide bonds. The molecule has 2 fully saturated rings. The van der Waals surface area contributed by atoms with Crippen LogP contribution in [0.15, 0.2) is 24.3 Å². The van der Waals surface area contributed by atoms with Gasteiger partial charge in [-0.1, -0.05) is 12.1 Å². The lowest BCUT2D eigenvalue weighted by atomic mass is 10.1. The number of piperidine rings is 1. The number of carboxylic acids is 1. The number of fused-ring (bicyclic) bond motifs is 2. The van der Waals surface area contributed by atoms with E-state index in [-0.39, 0.29) is 11.6 Å². The number of aromatic carboxylic acids is 1. The first kappa shape index (κ1) is 13.9. The van der Waals surface area contributed by atoms with E-state index in [1.807, 2.05) is 4.90 Å². The summed E-state index contributed by atoms with van der Waals surface area (Å²) >= 11 is 0. The molecule has 5 heteroatoms. The van der Waals surface area contributed by atoms with Gasteiger partial charge in [-0.2, -0.15) is 0 Å². The number of hydrogen-bond acceptors (Lipinski definition) is 2. The lowest BCUT2D eigenvalue weighted by Crippen LogP contribution is -2.44. The van der Waals surface area contributed by atoms with Gasteiger partial charge in [0.15, 0.2) is 0 Å². The minimum absolute atomic E-state index is 0.0875. The fraction of sp³-hybridized carbons (Fsp3) is 0.500. The number of carbonyl (C=O) groups is 2. The normalized spacial score (nSPS) is 23.4. The van der Waals surface area contributed by atoms with E-state index in [9.17, 15) is 9.59 Å². The van der Waals surface area contributed by atoms with Gasteiger partial charge in [-0.05, 0) is 42.9 Å². The van der Waals surface area contributed by atoms with E-state index in [0.29, 0.717) is 18.5 Å². The molecule has 1 aliphatic heterocycles. The predicted octanol–water partition coefficient (Wildman–Crippen LogP) is 2.42. The molecule has 0 spiro atoms. The largest absolute Gasteiger partial charge is 0.478 e. The van der Waals surface area contributed by atoms with E-state index in [2.05, 4.69) is 0 Å². The third-order valence-corrected chi connectivity index (χ3v) is 4.60. The highest BCUT2D eigenvalue weighted by Gasteiger charge is 2.41. The van der Waals surface area contributed by atoms with Crippen molar-refractivity contribution in [3.05, 3.63) is 35.4 Å². The summed E-state index contributed by atoms with van der Waals surface area (Å²) in [6.45, 7) is 1.40. The lowest BCUT2D eigenvalue weighted by molar-refractivity contribution is 0.0696. The Balaban J connectivity index is 1.61. The van der Waals surface area contributed by atoms with Crippen molar-refractivity contribution >= 4 is 12.0 Å². The van der Waals surface area contributed by atoms with E-state index in [1.165, 1.54) is 6.42 Å². The summed E-state index contributed by atoms with van der Waals surface area (Å²) < 4.78 is 0. The van der Waals surface area contributed by atoms with Gasteiger partial charge < -0.3 is 14.9 Å². The predicted molar refractivity (Wildman–Crippen MR) is 78.1 cm³/mol. The Hall–Kier alpha value is -2.04. The number of carboxylic acid groups (broad SMARTS) is 1. The highest BCUT2D eigenvalue weighted by Crippen LogP contribution is 2.37. The van der Waals surface area contributed by atoms with Crippen molar-refractivity contribution in [3.8, 4) is 0 Å². The Morgan fingerprint density at radius 2 is 2.00 bits per heavy atom. The Morgan fingerprint density at radius 3 is 2.52 bits per heavy atom. The van der Waals surface area contributed by atoms with Crippen LogP contribution in [0.3, 0.4) is 0 Å². The van der Waals surface area contributed by atoms with Crippen LogP contribution in [0.4, 0.5) is 4.79 Å². The van der Waals surface area contributed by atoms with Crippen LogP contribution in [0.5, 0.6) is 0 Å². The molecular formula is C16H20N2O3. The van der Waals surface area contributed by atoms with Gasteiger partial charge in [-0.25, -0.2) is 9.59 Å². The van der Waals surface area contributed by atoms with Gasteiger partial charge in [0, 0.05) is 26.2 Å². The number of amides is 2. The van der Waals surface area contributed by atoms with Gasteiger partial charge in [-0.15, -0.1) is 0 Å². The first-order chi connectivity index (χ1) is 10.0. The summed E-state index contributed by atoms with van der Waals surface area (Å²) in [6, 6.07) is 7.21. The number of hydrogen-bond donors (Lipinski definition) is 1. The van der Waals surface area contributed by atoms with Crippen LogP contribution in [0.25, 0.3) is 0 Å². The molecule has 1 saturated carbocycles. The summed E-state index contributed by atoms with van der Waals surface area (Å²) in [6.07, 6.45) is 3.55. The number of likely N-dealkylation sites (tertiary alicyclic amines) is 1. The Labute approximate surface area is 124 Å². The van der Waals surface area contributed by atoms with E-state index in [0.717, 1.165) is 24.9 Å². The average Bonchev–Trinajstić information content (AvgIpc) is 3.09. The molecule has 112 valence electrons. The van der Waals surface area contributed by atoms with Crippen LogP contribution in [0.2, 0.25) is 0 Å². The molecule has 2 atom stereocenters.